The highest BCUT2D eigenvalue weighted by atomic mass is 32.2. The molecule has 1 aromatic rings. The lowest BCUT2D eigenvalue weighted by Crippen LogP contribution is -2.19. The molecule has 0 amide bonds. The second-order valence-corrected chi connectivity index (χ2v) is 4.53. The summed E-state index contributed by atoms with van der Waals surface area (Å²) in [5, 5.41) is 0.618. The Morgan fingerprint density at radius 1 is 1.56 bits per heavy atom. The summed E-state index contributed by atoms with van der Waals surface area (Å²) in [6.07, 6.45) is 3.47. The van der Waals surface area contributed by atoms with Crippen LogP contribution < -0.4 is 0 Å². The second-order valence-electron chi connectivity index (χ2n) is 3.33. The van der Waals surface area contributed by atoms with E-state index < -0.39 is 0 Å². The zero-order valence-corrected chi connectivity index (χ0v) is 10.8. The van der Waals surface area contributed by atoms with E-state index in [2.05, 4.69) is 16.9 Å². The smallest absolute Gasteiger partial charge is 0.319 e. The van der Waals surface area contributed by atoms with Gasteiger partial charge in [-0.1, -0.05) is 25.6 Å². The van der Waals surface area contributed by atoms with Crippen molar-refractivity contribution in [3.8, 4) is 0 Å². The first-order chi connectivity index (χ1) is 7.71. The van der Waals surface area contributed by atoms with Crippen molar-refractivity contribution in [1.82, 2.24) is 9.97 Å². The average molecular weight is 242 g/mol. The lowest BCUT2D eigenvalue weighted by Gasteiger charge is -2.10. The SMILES string of the molecule is CCOC(=O)[C@H](CC)Sc1ncc(CC)[nH]1. The number of hydrogen-bond acceptors (Lipinski definition) is 4. The van der Waals surface area contributed by atoms with Crippen LogP contribution in [-0.4, -0.2) is 27.8 Å². The third-order valence-corrected chi connectivity index (χ3v) is 3.40. The van der Waals surface area contributed by atoms with Crippen molar-refractivity contribution in [2.45, 2.75) is 44.0 Å². The van der Waals surface area contributed by atoms with Gasteiger partial charge in [-0.15, -0.1) is 0 Å². The van der Waals surface area contributed by atoms with Crippen LogP contribution in [0.3, 0.4) is 0 Å². The summed E-state index contributed by atoms with van der Waals surface area (Å²) in [5.41, 5.74) is 1.08. The van der Waals surface area contributed by atoms with Crippen LogP contribution >= 0.6 is 11.8 Å². The maximum absolute atomic E-state index is 11.6. The molecule has 0 aliphatic heterocycles. The van der Waals surface area contributed by atoms with Gasteiger partial charge in [-0.3, -0.25) is 4.79 Å². The number of H-pyrrole nitrogens is 1. The standard InChI is InChI=1S/C11H18N2O2S/c1-4-8-7-12-11(13-8)16-9(5-2)10(14)15-6-3/h7,9H,4-6H2,1-3H3,(H,12,13)/t9-/m0/s1. The molecule has 1 heterocycles. The fourth-order valence-corrected chi connectivity index (χ4v) is 2.15. The number of hydrogen-bond donors (Lipinski definition) is 1. The average Bonchev–Trinajstić information content (AvgIpc) is 2.73. The summed E-state index contributed by atoms with van der Waals surface area (Å²) >= 11 is 1.43. The quantitative estimate of drug-likeness (QED) is 0.615. The monoisotopic (exact) mass is 242 g/mol. The van der Waals surface area contributed by atoms with Crippen molar-refractivity contribution in [3.05, 3.63) is 11.9 Å². The Kier molecular flexibility index (Phi) is 5.38. The number of esters is 1. The topological polar surface area (TPSA) is 55.0 Å². The van der Waals surface area contributed by atoms with Gasteiger partial charge >= 0.3 is 5.97 Å². The number of carbonyl (C=O) groups is 1. The molecule has 1 N–H and O–H groups in total. The van der Waals surface area contributed by atoms with Gasteiger partial charge in [-0.2, -0.15) is 0 Å². The second kappa shape index (κ2) is 6.58. The predicted molar refractivity (Wildman–Crippen MR) is 64.5 cm³/mol. The molecule has 0 aliphatic rings. The molecule has 0 bridgehead atoms. The number of aromatic nitrogens is 2. The lowest BCUT2D eigenvalue weighted by molar-refractivity contribution is -0.142. The summed E-state index contributed by atoms with van der Waals surface area (Å²) < 4.78 is 5.00. The van der Waals surface area contributed by atoms with Gasteiger partial charge in [0, 0.05) is 11.9 Å². The van der Waals surface area contributed by atoms with E-state index in [-0.39, 0.29) is 11.2 Å². The van der Waals surface area contributed by atoms with Crippen LogP contribution in [0, 0.1) is 0 Å². The largest absolute Gasteiger partial charge is 0.465 e. The highest BCUT2D eigenvalue weighted by Crippen LogP contribution is 2.23. The number of nitrogens with one attached hydrogen (secondary N) is 1. The Morgan fingerprint density at radius 3 is 2.81 bits per heavy atom. The van der Waals surface area contributed by atoms with E-state index in [1.165, 1.54) is 11.8 Å². The molecule has 0 fully saturated rings. The molecule has 4 nitrogen and oxygen atoms in total. The first kappa shape index (κ1) is 13.1. The van der Waals surface area contributed by atoms with E-state index >= 15 is 0 Å². The van der Waals surface area contributed by atoms with Crippen molar-refractivity contribution in [2.24, 2.45) is 0 Å². The van der Waals surface area contributed by atoms with Crippen LogP contribution in [0.15, 0.2) is 11.4 Å². The zero-order chi connectivity index (χ0) is 12.0. The highest BCUT2D eigenvalue weighted by molar-refractivity contribution is 8.00. The number of imidazole rings is 1. The summed E-state index contributed by atoms with van der Waals surface area (Å²) in [6, 6.07) is 0. The number of carbonyl (C=O) groups excluding carboxylic acids is 1. The van der Waals surface area contributed by atoms with Crippen molar-refractivity contribution < 1.29 is 9.53 Å². The van der Waals surface area contributed by atoms with Gasteiger partial charge in [-0.25, -0.2) is 4.98 Å². The minimum Gasteiger partial charge on any atom is -0.465 e. The lowest BCUT2D eigenvalue weighted by atomic mass is 10.3. The summed E-state index contributed by atoms with van der Waals surface area (Å²) in [4.78, 5) is 19.0. The molecule has 0 spiro atoms. The van der Waals surface area contributed by atoms with E-state index in [0.29, 0.717) is 6.61 Å². The van der Waals surface area contributed by atoms with Gasteiger partial charge in [0.2, 0.25) is 0 Å². The van der Waals surface area contributed by atoms with Gasteiger partial charge in [-0.05, 0) is 19.8 Å². The molecular formula is C11H18N2O2S. The molecule has 5 heteroatoms. The summed E-state index contributed by atoms with van der Waals surface area (Å²) in [5.74, 6) is -0.163. The predicted octanol–water partition coefficient (Wildman–Crippen LogP) is 2.41. The molecular weight excluding hydrogens is 224 g/mol. The molecule has 1 aromatic heterocycles. The highest BCUT2D eigenvalue weighted by Gasteiger charge is 2.20. The van der Waals surface area contributed by atoms with Crippen molar-refractivity contribution in [1.29, 1.82) is 0 Å². The van der Waals surface area contributed by atoms with E-state index in [4.69, 9.17) is 4.74 Å². The number of nitrogens with zero attached hydrogens (tertiary/aromatic N) is 1. The van der Waals surface area contributed by atoms with Gasteiger partial charge in [0.25, 0.3) is 0 Å². The first-order valence-electron chi connectivity index (χ1n) is 5.58. The van der Waals surface area contributed by atoms with Gasteiger partial charge < -0.3 is 9.72 Å². The molecule has 90 valence electrons. The van der Waals surface area contributed by atoms with Gasteiger partial charge in [0.1, 0.15) is 5.25 Å². The molecule has 1 rings (SSSR count). The fraction of sp³-hybridized carbons (Fsp3) is 0.636. The minimum absolute atomic E-state index is 0.163. The Bertz CT molecular complexity index is 338. The molecule has 0 unspecified atom stereocenters. The van der Waals surface area contributed by atoms with E-state index in [9.17, 15) is 4.79 Å². The first-order valence-corrected chi connectivity index (χ1v) is 6.46. The van der Waals surface area contributed by atoms with Crippen LogP contribution in [0.5, 0.6) is 0 Å². The number of aromatic amines is 1. The van der Waals surface area contributed by atoms with Gasteiger partial charge in [0.05, 0.1) is 6.61 Å². The van der Waals surface area contributed by atoms with E-state index in [1.54, 1.807) is 6.20 Å². The van der Waals surface area contributed by atoms with Crippen LogP contribution in [0.2, 0.25) is 0 Å². The number of thioether (sulfide) groups is 1. The number of ether oxygens (including phenoxy) is 1. The number of rotatable bonds is 6. The van der Waals surface area contributed by atoms with Crippen LogP contribution in [0.25, 0.3) is 0 Å². The Hall–Kier alpha value is -0.970. The summed E-state index contributed by atoms with van der Waals surface area (Å²) in [6.45, 7) is 6.27. The molecule has 1 atom stereocenters. The maximum Gasteiger partial charge on any atom is 0.319 e. The van der Waals surface area contributed by atoms with E-state index in [0.717, 1.165) is 23.7 Å². The molecule has 0 aromatic carbocycles. The summed E-state index contributed by atoms with van der Waals surface area (Å²) in [7, 11) is 0. The molecule has 0 saturated heterocycles. The van der Waals surface area contributed by atoms with Gasteiger partial charge in [0.15, 0.2) is 5.16 Å². The molecule has 0 saturated carbocycles. The van der Waals surface area contributed by atoms with E-state index in [1.807, 2.05) is 13.8 Å². The third kappa shape index (κ3) is 3.56. The Balaban J connectivity index is 2.58. The minimum atomic E-state index is -0.171. The molecule has 0 aliphatic carbocycles. The van der Waals surface area contributed by atoms with Crippen molar-refractivity contribution >= 4 is 17.7 Å². The van der Waals surface area contributed by atoms with Crippen molar-refractivity contribution in [3.63, 3.8) is 0 Å². The molecule has 16 heavy (non-hydrogen) atoms. The van der Waals surface area contributed by atoms with Crippen LogP contribution in [0.4, 0.5) is 0 Å². The van der Waals surface area contributed by atoms with Crippen molar-refractivity contribution in [2.75, 3.05) is 6.61 Å². The Labute approximate surface area is 100 Å². The Morgan fingerprint density at radius 2 is 2.31 bits per heavy atom. The van der Waals surface area contributed by atoms with Crippen LogP contribution in [0.1, 0.15) is 32.9 Å². The molecule has 0 radical (unpaired) electrons. The van der Waals surface area contributed by atoms with Crippen LogP contribution in [-0.2, 0) is 16.0 Å². The zero-order valence-electron chi connectivity index (χ0n) is 9.95. The third-order valence-electron chi connectivity index (χ3n) is 2.16. The number of aryl methyl sites for hydroxylation is 1. The maximum atomic E-state index is 11.6. The normalized spacial score (nSPS) is 12.4. The fourth-order valence-electron chi connectivity index (χ4n) is 1.25.